The van der Waals surface area contributed by atoms with Crippen molar-refractivity contribution in [2.75, 3.05) is 10.6 Å². The number of hydrogen-bond acceptors (Lipinski definition) is 6. The molecule has 1 aromatic heterocycles. The van der Waals surface area contributed by atoms with Crippen LogP contribution in [0.25, 0.3) is 0 Å². The fraction of sp³-hybridized carbons (Fsp3) is 0.192. The molecule has 1 aliphatic rings. The van der Waals surface area contributed by atoms with Gasteiger partial charge in [-0.2, -0.15) is 5.26 Å². The molecule has 0 bridgehead atoms. The monoisotopic (exact) mass is 470 g/mol. The average molecular weight is 471 g/mol. The van der Waals surface area contributed by atoms with Crippen LogP contribution in [0.2, 0.25) is 0 Å². The van der Waals surface area contributed by atoms with E-state index in [-0.39, 0.29) is 24.0 Å². The average Bonchev–Trinajstić information content (AvgIpc) is 3.24. The minimum Gasteiger partial charge on any atom is -0.322 e. The summed E-state index contributed by atoms with van der Waals surface area (Å²) in [5.74, 6) is -0.705. The Balaban J connectivity index is 1.51. The molecule has 0 fully saturated rings. The zero-order chi connectivity index (χ0) is 24.5. The van der Waals surface area contributed by atoms with Gasteiger partial charge in [-0.05, 0) is 67.8 Å². The highest BCUT2D eigenvalue weighted by Crippen LogP contribution is 2.34. The molecular weight excluding hydrogens is 448 g/mol. The van der Waals surface area contributed by atoms with Gasteiger partial charge in [0.25, 0.3) is 11.8 Å². The van der Waals surface area contributed by atoms with Gasteiger partial charge in [0, 0.05) is 23.4 Å². The molecule has 1 aliphatic heterocycles. The lowest BCUT2D eigenvalue weighted by molar-refractivity contribution is -0.112. The van der Waals surface area contributed by atoms with Crippen molar-refractivity contribution in [1.29, 1.82) is 5.26 Å². The van der Waals surface area contributed by atoms with E-state index in [4.69, 9.17) is 0 Å². The Bertz CT molecular complexity index is 1400. The number of anilines is 2. The van der Waals surface area contributed by atoms with E-state index in [0.717, 1.165) is 16.7 Å². The number of Topliss-reactive ketones (excluding diaryl/α,β-unsaturated/α-hetero) is 1. The summed E-state index contributed by atoms with van der Waals surface area (Å²) in [6.45, 7) is 5.46. The minimum absolute atomic E-state index is 0.0849. The first-order chi connectivity index (χ1) is 16.2. The molecule has 4 rings (SSSR count). The molecule has 8 heteroatoms. The highest BCUT2D eigenvalue weighted by Gasteiger charge is 2.22. The number of hydrogen-bond donors (Lipinski definition) is 2. The van der Waals surface area contributed by atoms with Gasteiger partial charge in [0.1, 0.15) is 5.00 Å². The Hall–Kier alpha value is -4.09. The number of amides is 2. The topological polar surface area (TPSA) is 111 Å². The Labute approximate surface area is 201 Å². The van der Waals surface area contributed by atoms with Crippen molar-refractivity contribution in [2.24, 2.45) is 4.99 Å². The SMILES string of the molecule is Cc1ccc(NC(=O)c2cccc(C(C)(C)C#N)c2)cc1NC(=O)c1cc2c(s1)N=CC(=O)C2. The van der Waals surface area contributed by atoms with E-state index in [1.54, 1.807) is 50.2 Å². The van der Waals surface area contributed by atoms with Crippen LogP contribution < -0.4 is 10.6 Å². The molecule has 0 saturated carbocycles. The van der Waals surface area contributed by atoms with Gasteiger partial charge in [0.2, 0.25) is 0 Å². The van der Waals surface area contributed by atoms with Gasteiger partial charge >= 0.3 is 0 Å². The number of aliphatic imine (C=N–C) groups is 1. The van der Waals surface area contributed by atoms with Crippen LogP contribution in [0.5, 0.6) is 0 Å². The van der Waals surface area contributed by atoms with Crippen molar-refractivity contribution in [3.8, 4) is 6.07 Å². The number of thiophene rings is 1. The predicted molar refractivity (Wildman–Crippen MR) is 133 cm³/mol. The lowest BCUT2D eigenvalue weighted by atomic mass is 9.85. The number of nitrogens with zero attached hydrogens (tertiary/aromatic N) is 2. The number of rotatable bonds is 5. The molecule has 0 unspecified atom stereocenters. The molecular formula is C26H22N4O3S. The molecule has 2 heterocycles. The summed E-state index contributed by atoms with van der Waals surface area (Å²) in [6.07, 6.45) is 1.53. The van der Waals surface area contributed by atoms with Gasteiger partial charge in [-0.25, -0.2) is 4.99 Å². The van der Waals surface area contributed by atoms with Crippen LogP contribution in [0.3, 0.4) is 0 Å². The number of carbonyl (C=O) groups is 3. The molecule has 2 N–H and O–H groups in total. The number of benzene rings is 2. The normalized spacial score (nSPS) is 12.6. The van der Waals surface area contributed by atoms with Crippen LogP contribution in [0.15, 0.2) is 53.5 Å². The lowest BCUT2D eigenvalue weighted by Gasteiger charge is -2.16. The summed E-state index contributed by atoms with van der Waals surface area (Å²) >= 11 is 1.23. The summed E-state index contributed by atoms with van der Waals surface area (Å²) in [7, 11) is 0. The van der Waals surface area contributed by atoms with Crippen LogP contribution in [0.4, 0.5) is 16.4 Å². The number of nitrogens with one attached hydrogen (secondary N) is 2. The van der Waals surface area contributed by atoms with Crippen molar-refractivity contribution < 1.29 is 14.4 Å². The van der Waals surface area contributed by atoms with Crippen LogP contribution in [0, 0.1) is 18.3 Å². The Morgan fingerprint density at radius 3 is 2.65 bits per heavy atom. The maximum absolute atomic E-state index is 12.8. The Morgan fingerprint density at radius 2 is 1.88 bits per heavy atom. The first kappa shape index (κ1) is 23.1. The lowest BCUT2D eigenvalue weighted by Crippen LogP contribution is -2.17. The van der Waals surface area contributed by atoms with Crippen LogP contribution in [-0.2, 0) is 16.6 Å². The van der Waals surface area contributed by atoms with Gasteiger partial charge < -0.3 is 10.6 Å². The number of nitriles is 1. The molecule has 7 nitrogen and oxygen atoms in total. The summed E-state index contributed by atoms with van der Waals surface area (Å²) in [4.78, 5) is 41.8. The third-order valence-electron chi connectivity index (χ3n) is 5.57. The fourth-order valence-electron chi connectivity index (χ4n) is 3.47. The first-order valence-electron chi connectivity index (χ1n) is 10.6. The van der Waals surface area contributed by atoms with Gasteiger partial charge in [-0.15, -0.1) is 11.3 Å². The maximum atomic E-state index is 12.8. The second-order valence-electron chi connectivity index (χ2n) is 8.60. The van der Waals surface area contributed by atoms with Crippen molar-refractivity contribution in [2.45, 2.75) is 32.6 Å². The van der Waals surface area contributed by atoms with Crippen LogP contribution >= 0.6 is 11.3 Å². The zero-order valence-electron chi connectivity index (χ0n) is 18.9. The van der Waals surface area contributed by atoms with E-state index in [1.165, 1.54) is 17.6 Å². The quantitative estimate of drug-likeness (QED) is 0.534. The zero-order valence-corrected chi connectivity index (χ0v) is 19.7. The number of ketones is 1. The standard InChI is InChI=1S/C26H22N4O3S/c1-15-7-8-19(29-23(32)16-5-4-6-18(9-16)26(2,3)14-27)12-21(15)30-24(33)22-11-17-10-20(31)13-28-25(17)34-22/h4-9,11-13H,10H2,1-3H3,(H,29,32)(H,30,33). The van der Waals surface area contributed by atoms with Crippen molar-refractivity contribution in [3.05, 3.63) is 75.7 Å². The third-order valence-corrected chi connectivity index (χ3v) is 6.65. The summed E-state index contributed by atoms with van der Waals surface area (Å²) < 4.78 is 0. The highest BCUT2D eigenvalue weighted by atomic mass is 32.1. The minimum atomic E-state index is -0.711. The van der Waals surface area contributed by atoms with E-state index in [9.17, 15) is 19.6 Å². The maximum Gasteiger partial charge on any atom is 0.265 e. The first-order valence-corrected chi connectivity index (χ1v) is 11.4. The predicted octanol–water partition coefficient (Wildman–Crippen LogP) is 5.19. The van der Waals surface area contributed by atoms with Gasteiger partial charge in [-0.1, -0.05) is 18.2 Å². The largest absolute Gasteiger partial charge is 0.322 e. The molecule has 0 radical (unpaired) electrons. The van der Waals surface area contributed by atoms with E-state index in [0.29, 0.717) is 26.8 Å². The number of fused-ring (bicyclic) bond motifs is 1. The highest BCUT2D eigenvalue weighted by molar-refractivity contribution is 7.18. The number of carbonyl (C=O) groups excluding carboxylic acids is 3. The second-order valence-corrected chi connectivity index (χ2v) is 9.63. The molecule has 2 aromatic carbocycles. The summed E-state index contributed by atoms with van der Waals surface area (Å²) in [6, 6.07) is 16.2. The molecule has 170 valence electrons. The molecule has 0 saturated heterocycles. The summed E-state index contributed by atoms with van der Waals surface area (Å²) in [5, 5.41) is 15.8. The second kappa shape index (κ2) is 9.04. The van der Waals surface area contributed by atoms with E-state index >= 15 is 0 Å². The van der Waals surface area contributed by atoms with E-state index < -0.39 is 5.41 Å². The third kappa shape index (κ3) is 4.80. The van der Waals surface area contributed by atoms with Crippen LogP contribution in [-0.4, -0.2) is 23.8 Å². The van der Waals surface area contributed by atoms with Gasteiger partial charge in [0.15, 0.2) is 5.78 Å². The van der Waals surface area contributed by atoms with Crippen molar-refractivity contribution in [1.82, 2.24) is 0 Å². The fourth-order valence-corrected chi connectivity index (χ4v) is 4.39. The van der Waals surface area contributed by atoms with Gasteiger partial charge in [0.05, 0.1) is 22.6 Å². The summed E-state index contributed by atoms with van der Waals surface area (Å²) in [5.41, 5.74) is 3.15. The Morgan fingerprint density at radius 1 is 1.09 bits per heavy atom. The molecule has 34 heavy (non-hydrogen) atoms. The Kier molecular flexibility index (Phi) is 6.14. The molecule has 3 aromatic rings. The molecule has 0 spiro atoms. The number of aryl methyl sites for hydroxylation is 1. The van der Waals surface area contributed by atoms with Crippen molar-refractivity contribution in [3.63, 3.8) is 0 Å². The van der Waals surface area contributed by atoms with Crippen molar-refractivity contribution >= 4 is 51.5 Å². The molecule has 2 amide bonds. The molecule has 0 atom stereocenters. The van der Waals surface area contributed by atoms with Gasteiger partial charge in [-0.3, -0.25) is 14.4 Å². The van der Waals surface area contributed by atoms with E-state index in [1.807, 2.05) is 19.1 Å². The van der Waals surface area contributed by atoms with Crippen LogP contribution in [0.1, 0.15) is 50.6 Å². The molecule has 0 aliphatic carbocycles. The smallest absolute Gasteiger partial charge is 0.265 e. The van der Waals surface area contributed by atoms with E-state index in [2.05, 4.69) is 21.7 Å².